The highest BCUT2D eigenvalue weighted by molar-refractivity contribution is 6.87. The lowest BCUT2D eigenvalue weighted by Gasteiger charge is -2.38. The summed E-state index contributed by atoms with van der Waals surface area (Å²) in [6.07, 6.45) is 2.17. The second kappa shape index (κ2) is 10.4. The van der Waals surface area contributed by atoms with Crippen molar-refractivity contribution in [3.8, 4) is 0 Å². The molecule has 0 amide bonds. The molecule has 7 heteroatoms. The zero-order chi connectivity index (χ0) is 17.3. The van der Waals surface area contributed by atoms with Crippen LogP contribution in [0.1, 0.15) is 19.8 Å². The molecule has 0 saturated carbocycles. The van der Waals surface area contributed by atoms with Crippen LogP contribution in [0.5, 0.6) is 0 Å². The van der Waals surface area contributed by atoms with Crippen molar-refractivity contribution in [3.63, 3.8) is 0 Å². The van der Waals surface area contributed by atoms with Gasteiger partial charge in [-0.25, -0.2) is 0 Å². The zero-order valence-corrected chi connectivity index (χ0v) is 19.1. The first-order valence-corrected chi connectivity index (χ1v) is 17.6. The molecule has 0 aliphatic rings. The molecule has 0 aromatic rings. The van der Waals surface area contributed by atoms with Crippen LogP contribution in [-0.4, -0.2) is 52.1 Å². The number of ether oxygens (including phenoxy) is 2. The van der Waals surface area contributed by atoms with Gasteiger partial charge in [-0.05, 0) is 71.1 Å². The highest BCUT2D eigenvalue weighted by Gasteiger charge is 2.39. The molecular formula is C15H38O4Si3. The number of hydrogen-bond acceptors (Lipinski definition) is 4. The Hall–Kier alpha value is 0.491. The Kier molecular flexibility index (Phi) is 10.6. The SMILES string of the molecule is CCOCCC[Si](C)(C)O[Si](C)(C)O[Si](C)(C)CCCOC. The van der Waals surface area contributed by atoms with Gasteiger partial charge in [0.05, 0.1) is 0 Å². The predicted molar refractivity (Wildman–Crippen MR) is 102 cm³/mol. The molecule has 0 fully saturated rings. The minimum Gasteiger partial charge on any atom is -0.437 e. The van der Waals surface area contributed by atoms with E-state index in [4.69, 9.17) is 17.7 Å². The van der Waals surface area contributed by atoms with Gasteiger partial charge >= 0.3 is 8.56 Å². The van der Waals surface area contributed by atoms with Gasteiger partial charge in [-0.1, -0.05) is 0 Å². The summed E-state index contributed by atoms with van der Waals surface area (Å²) in [4.78, 5) is 0. The van der Waals surface area contributed by atoms with Crippen LogP contribution in [-0.2, 0) is 17.7 Å². The monoisotopic (exact) mass is 366 g/mol. The summed E-state index contributed by atoms with van der Waals surface area (Å²) in [6, 6.07) is 2.27. The average Bonchev–Trinajstić information content (AvgIpc) is 2.32. The van der Waals surface area contributed by atoms with Gasteiger partial charge in [-0.2, -0.15) is 0 Å². The maximum atomic E-state index is 6.55. The molecule has 0 heterocycles. The fourth-order valence-corrected chi connectivity index (χ4v) is 16.8. The Balaban J connectivity index is 4.34. The standard InChI is InChI=1S/C15H38O4Si3/c1-9-17-13-11-15-21(5,6)19-22(7,8)18-20(3,4)14-10-12-16-2/h9-15H2,1-8H3. The van der Waals surface area contributed by atoms with E-state index in [-0.39, 0.29) is 0 Å². The highest BCUT2D eigenvalue weighted by atomic mass is 28.5. The van der Waals surface area contributed by atoms with Crippen LogP contribution in [0.3, 0.4) is 0 Å². The van der Waals surface area contributed by atoms with E-state index in [0.717, 1.165) is 44.8 Å². The summed E-state index contributed by atoms with van der Waals surface area (Å²) < 4.78 is 23.7. The van der Waals surface area contributed by atoms with E-state index in [1.54, 1.807) is 7.11 Å². The molecule has 0 bridgehead atoms. The maximum absolute atomic E-state index is 6.55. The van der Waals surface area contributed by atoms with Crippen molar-refractivity contribution in [2.24, 2.45) is 0 Å². The molecule has 0 aliphatic carbocycles. The van der Waals surface area contributed by atoms with Crippen LogP contribution < -0.4 is 0 Å². The average molecular weight is 367 g/mol. The van der Waals surface area contributed by atoms with Gasteiger partial charge in [-0.3, -0.25) is 0 Å². The molecule has 0 N–H and O–H groups in total. The van der Waals surface area contributed by atoms with E-state index in [1.807, 2.05) is 6.92 Å². The molecule has 0 aromatic carbocycles. The lowest BCUT2D eigenvalue weighted by Crippen LogP contribution is -2.52. The van der Waals surface area contributed by atoms with E-state index < -0.39 is 25.2 Å². The molecular weight excluding hydrogens is 328 g/mol. The van der Waals surface area contributed by atoms with Gasteiger partial charge in [0.15, 0.2) is 16.6 Å². The fraction of sp³-hybridized carbons (Fsp3) is 1.00. The molecule has 4 nitrogen and oxygen atoms in total. The van der Waals surface area contributed by atoms with Gasteiger partial charge in [-0.15, -0.1) is 0 Å². The molecule has 0 spiro atoms. The maximum Gasteiger partial charge on any atom is 0.311 e. The Labute approximate surface area is 141 Å². The quantitative estimate of drug-likeness (QED) is 0.353. The van der Waals surface area contributed by atoms with E-state index in [9.17, 15) is 0 Å². The van der Waals surface area contributed by atoms with E-state index in [2.05, 4.69) is 39.3 Å². The van der Waals surface area contributed by atoms with Gasteiger partial charge < -0.3 is 17.7 Å². The minimum absolute atomic E-state index is 0.799. The Morgan fingerprint density at radius 2 is 1.18 bits per heavy atom. The minimum atomic E-state index is -2.06. The van der Waals surface area contributed by atoms with Crippen LogP contribution in [0.4, 0.5) is 0 Å². The first-order chi connectivity index (χ1) is 10.0. The summed E-state index contributed by atoms with van der Waals surface area (Å²) in [6.45, 7) is 18.1. The van der Waals surface area contributed by atoms with E-state index in [0.29, 0.717) is 0 Å². The van der Waals surface area contributed by atoms with Crippen molar-refractivity contribution in [2.45, 2.75) is 71.1 Å². The molecule has 0 atom stereocenters. The third-order valence-electron chi connectivity index (χ3n) is 3.44. The van der Waals surface area contributed by atoms with Crippen molar-refractivity contribution in [3.05, 3.63) is 0 Å². The third-order valence-corrected chi connectivity index (χ3v) is 14.9. The largest absolute Gasteiger partial charge is 0.437 e. The van der Waals surface area contributed by atoms with Gasteiger partial charge in [0.2, 0.25) is 0 Å². The molecule has 0 aliphatic heterocycles. The number of rotatable bonds is 13. The van der Waals surface area contributed by atoms with Crippen molar-refractivity contribution in [2.75, 3.05) is 26.9 Å². The first kappa shape index (κ1) is 22.5. The molecule has 134 valence electrons. The molecule has 0 radical (unpaired) electrons. The smallest absolute Gasteiger partial charge is 0.311 e. The van der Waals surface area contributed by atoms with Crippen LogP contribution in [0.25, 0.3) is 0 Å². The fourth-order valence-electron chi connectivity index (χ4n) is 2.84. The van der Waals surface area contributed by atoms with Gasteiger partial charge in [0.25, 0.3) is 0 Å². The van der Waals surface area contributed by atoms with Crippen LogP contribution in [0.15, 0.2) is 0 Å². The van der Waals surface area contributed by atoms with E-state index >= 15 is 0 Å². The van der Waals surface area contributed by atoms with E-state index in [1.165, 1.54) is 0 Å². The second-order valence-electron chi connectivity index (χ2n) is 7.52. The van der Waals surface area contributed by atoms with Crippen molar-refractivity contribution < 1.29 is 17.7 Å². The zero-order valence-electron chi connectivity index (χ0n) is 16.1. The predicted octanol–water partition coefficient (Wildman–Crippen LogP) is 4.59. The van der Waals surface area contributed by atoms with Crippen LogP contribution in [0.2, 0.25) is 51.4 Å². The third kappa shape index (κ3) is 12.0. The Morgan fingerprint density at radius 3 is 1.59 bits per heavy atom. The van der Waals surface area contributed by atoms with Gasteiger partial charge in [0, 0.05) is 26.9 Å². The van der Waals surface area contributed by atoms with Gasteiger partial charge in [0.1, 0.15) is 0 Å². The summed E-state index contributed by atoms with van der Waals surface area (Å²) in [5.74, 6) is 0. The van der Waals surface area contributed by atoms with Crippen molar-refractivity contribution in [1.29, 1.82) is 0 Å². The Morgan fingerprint density at radius 1 is 0.727 bits per heavy atom. The summed E-state index contributed by atoms with van der Waals surface area (Å²) in [5, 5.41) is 0. The highest BCUT2D eigenvalue weighted by Crippen LogP contribution is 2.25. The summed E-state index contributed by atoms with van der Waals surface area (Å²) in [7, 11) is -3.64. The molecule has 22 heavy (non-hydrogen) atoms. The normalized spacial score (nSPS) is 13.6. The topological polar surface area (TPSA) is 36.9 Å². The lowest BCUT2D eigenvalue weighted by molar-refractivity contribution is 0.147. The summed E-state index contributed by atoms with van der Waals surface area (Å²) in [5.41, 5.74) is 0. The number of methoxy groups -OCH3 is 1. The molecule has 0 saturated heterocycles. The first-order valence-electron chi connectivity index (χ1n) is 8.50. The van der Waals surface area contributed by atoms with Crippen LogP contribution in [0, 0.1) is 0 Å². The molecule has 0 unspecified atom stereocenters. The number of hydrogen-bond donors (Lipinski definition) is 0. The molecule has 0 aromatic heterocycles. The van der Waals surface area contributed by atoms with Crippen molar-refractivity contribution in [1.82, 2.24) is 0 Å². The second-order valence-corrected chi connectivity index (χ2v) is 20.0. The Bertz CT molecular complexity index is 297. The summed E-state index contributed by atoms with van der Waals surface area (Å²) >= 11 is 0. The molecule has 0 rings (SSSR count). The van der Waals surface area contributed by atoms with Crippen molar-refractivity contribution >= 4 is 25.2 Å². The van der Waals surface area contributed by atoms with Crippen LogP contribution >= 0.6 is 0 Å². The lowest BCUT2D eigenvalue weighted by atomic mass is 10.5.